The van der Waals surface area contributed by atoms with Crippen LogP contribution in [0.15, 0.2) is 30.3 Å². The van der Waals surface area contributed by atoms with Crippen LogP contribution in [0.4, 0.5) is 0 Å². The van der Waals surface area contributed by atoms with Crippen molar-refractivity contribution >= 4 is 11.8 Å². The summed E-state index contributed by atoms with van der Waals surface area (Å²) in [6, 6.07) is 13.1. The van der Waals surface area contributed by atoms with Crippen molar-refractivity contribution in [1.82, 2.24) is 5.32 Å². The summed E-state index contributed by atoms with van der Waals surface area (Å²) < 4.78 is 0. The van der Waals surface area contributed by atoms with E-state index in [2.05, 4.69) is 30.1 Å². The van der Waals surface area contributed by atoms with E-state index in [4.69, 9.17) is 0 Å². The first kappa shape index (κ1) is 14.4. The summed E-state index contributed by atoms with van der Waals surface area (Å²) >= 11 is 2.07. The maximum absolute atomic E-state index is 9.30. The van der Waals surface area contributed by atoms with Gasteiger partial charge in [-0.05, 0) is 30.6 Å². The number of hydrogen-bond donors (Lipinski definition) is 1. The molecule has 0 aromatic heterocycles. The molecular weight excluding hydrogens is 252 g/mol. The molecule has 1 saturated carbocycles. The van der Waals surface area contributed by atoms with E-state index in [-0.39, 0.29) is 5.92 Å². The molecule has 2 rings (SSSR count). The van der Waals surface area contributed by atoms with Gasteiger partial charge in [-0.25, -0.2) is 0 Å². The van der Waals surface area contributed by atoms with Crippen LogP contribution in [0.1, 0.15) is 37.7 Å². The fraction of sp³-hybridized carbons (Fsp3) is 0.562. The van der Waals surface area contributed by atoms with Crippen molar-refractivity contribution in [2.75, 3.05) is 12.3 Å². The molecule has 1 N–H and O–H groups in total. The van der Waals surface area contributed by atoms with E-state index < -0.39 is 0 Å². The van der Waals surface area contributed by atoms with Gasteiger partial charge in [-0.1, -0.05) is 37.3 Å². The van der Waals surface area contributed by atoms with Crippen LogP contribution in [-0.2, 0) is 0 Å². The summed E-state index contributed by atoms with van der Waals surface area (Å²) in [6.07, 6.45) is 3.83. The summed E-state index contributed by atoms with van der Waals surface area (Å²) in [7, 11) is 0. The predicted molar refractivity (Wildman–Crippen MR) is 82.4 cm³/mol. The predicted octanol–water partition coefficient (Wildman–Crippen LogP) is 3.56. The van der Waals surface area contributed by atoms with Gasteiger partial charge in [0, 0.05) is 17.8 Å². The number of hydrogen-bond acceptors (Lipinski definition) is 3. The number of nitrogens with one attached hydrogen (secondary N) is 1. The number of nitriles is 1. The Labute approximate surface area is 120 Å². The van der Waals surface area contributed by atoms with Gasteiger partial charge in [0.1, 0.15) is 0 Å². The molecule has 0 saturated heterocycles. The Balaban J connectivity index is 1.80. The molecule has 1 aromatic rings. The lowest BCUT2D eigenvalue weighted by Crippen LogP contribution is -2.30. The molecule has 0 bridgehead atoms. The third-order valence-electron chi connectivity index (χ3n) is 3.76. The van der Waals surface area contributed by atoms with Crippen molar-refractivity contribution in [2.24, 2.45) is 0 Å². The Kier molecular flexibility index (Phi) is 5.75. The molecule has 0 heterocycles. The molecular formula is C16H22N2S. The molecule has 1 aliphatic rings. The van der Waals surface area contributed by atoms with Crippen molar-refractivity contribution in [1.29, 1.82) is 5.26 Å². The molecule has 3 atom stereocenters. The third-order valence-corrected chi connectivity index (χ3v) is 4.99. The van der Waals surface area contributed by atoms with Crippen LogP contribution in [0, 0.1) is 11.3 Å². The summed E-state index contributed by atoms with van der Waals surface area (Å²) in [6.45, 7) is 3.00. The Hall–Kier alpha value is -0.980. The van der Waals surface area contributed by atoms with Crippen LogP contribution in [0.25, 0.3) is 0 Å². The monoisotopic (exact) mass is 274 g/mol. The molecule has 0 radical (unpaired) electrons. The number of benzene rings is 1. The second-order valence-electron chi connectivity index (χ2n) is 5.09. The van der Waals surface area contributed by atoms with E-state index in [9.17, 15) is 5.26 Å². The quantitative estimate of drug-likeness (QED) is 0.861. The summed E-state index contributed by atoms with van der Waals surface area (Å²) in [5, 5.41) is 13.7. The SMILES string of the molecule is CCSC1CCC(NCC(C#N)c2ccccc2)C1. The van der Waals surface area contributed by atoms with Gasteiger partial charge < -0.3 is 5.32 Å². The summed E-state index contributed by atoms with van der Waals surface area (Å²) in [4.78, 5) is 0. The minimum atomic E-state index is -0.0286. The molecule has 1 fully saturated rings. The highest BCUT2D eigenvalue weighted by Gasteiger charge is 2.24. The van der Waals surface area contributed by atoms with Crippen molar-refractivity contribution in [3.05, 3.63) is 35.9 Å². The zero-order valence-corrected chi connectivity index (χ0v) is 12.3. The zero-order valence-electron chi connectivity index (χ0n) is 11.5. The zero-order chi connectivity index (χ0) is 13.5. The summed E-state index contributed by atoms with van der Waals surface area (Å²) in [5.74, 6) is 1.18. The third kappa shape index (κ3) is 4.26. The second-order valence-corrected chi connectivity index (χ2v) is 6.67. The fourth-order valence-corrected chi connectivity index (χ4v) is 3.86. The van der Waals surface area contributed by atoms with Gasteiger partial charge >= 0.3 is 0 Å². The van der Waals surface area contributed by atoms with Gasteiger partial charge in [0.05, 0.1) is 12.0 Å². The Morgan fingerprint density at radius 3 is 2.84 bits per heavy atom. The molecule has 1 aliphatic carbocycles. The number of rotatable bonds is 6. The minimum absolute atomic E-state index is 0.0286. The van der Waals surface area contributed by atoms with Crippen LogP contribution in [-0.4, -0.2) is 23.6 Å². The minimum Gasteiger partial charge on any atom is -0.312 e. The Morgan fingerprint density at radius 1 is 1.37 bits per heavy atom. The lowest BCUT2D eigenvalue weighted by molar-refractivity contribution is 0.515. The second kappa shape index (κ2) is 7.57. The van der Waals surface area contributed by atoms with Gasteiger partial charge in [0.15, 0.2) is 0 Å². The van der Waals surface area contributed by atoms with Gasteiger partial charge in [0.2, 0.25) is 0 Å². The smallest absolute Gasteiger partial charge is 0.0837 e. The highest BCUT2D eigenvalue weighted by atomic mass is 32.2. The van der Waals surface area contributed by atoms with Crippen LogP contribution in [0.2, 0.25) is 0 Å². The van der Waals surface area contributed by atoms with Crippen molar-refractivity contribution in [3.63, 3.8) is 0 Å². The first-order valence-corrected chi connectivity index (χ1v) is 8.18. The largest absolute Gasteiger partial charge is 0.312 e. The van der Waals surface area contributed by atoms with Gasteiger partial charge in [-0.3, -0.25) is 0 Å². The van der Waals surface area contributed by atoms with E-state index in [0.29, 0.717) is 6.04 Å². The van der Waals surface area contributed by atoms with E-state index >= 15 is 0 Å². The topological polar surface area (TPSA) is 35.8 Å². The molecule has 0 aliphatic heterocycles. The fourth-order valence-electron chi connectivity index (χ4n) is 2.72. The number of thioether (sulfide) groups is 1. The van der Waals surface area contributed by atoms with Crippen LogP contribution in [0.5, 0.6) is 0 Å². The van der Waals surface area contributed by atoms with Crippen molar-refractivity contribution < 1.29 is 0 Å². The highest BCUT2D eigenvalue weighted by Crippen LogP contribution is 2.30. The molecule has 102 valence electrons. The highest BCUT2D eigenvalue weighted by molar-refractivity contribution is 7.99. The van der Waals surface area contributed by atoms with E-state index in [1.54, 1.807) is 0 Å². The van der Waals surface area contributed by atoms with Crippen molar-refractivity contribution in [2.45, 2.75) is 43.4 Å². The van der Waals surface area contributed by atoms with Crippen LogP contribution in [0.3, 0.4) is 0 Å². The van der Waals surface area contributed by atoms with Crippen molar-refractivity contribution in [3.8, 4) is 6.07 Å². The average Bonchev–Trinajstić information content (AvgIpc) is 2.89. The molecule has 3 unspecified atom stereocenters. The maximum atomic E-state index is 9.30. The Bertz CT molecular complexity index is 413. The maximum Gasteiger partial charge on any atom is 0.0837 e. The van der Waals surface area contributed by atoms with Gasteiger partial charge in [0.25, 0.3) is 0 Å². The van der Waals surface area contributed by atoms with E-state index in [1.807, 2.05) is 30.3 Å². The lowest BCUT2D eigenvalue weighted by atomic mass is 10.0. The molecule has 0 amide bonds. The molecule has 3 heteroatoms. The number of nitrogens with zero attached hydrogens (tertiary/aromatic N) is 1. The Morgan fingerprint density at radius 2 is 2.16 bits per heavy atom. The lowest BCUT2D eigenvalue weighted by Gasteiger charge is -2.16. The first-order valence-electron chi connectivity index (χ1n) is 7.13. The first-order chi connectivity index (χ1) is 9.33. The van der Waals surface area contributed by atoms with Crippen LogP contribution >= 0.6 is 11.8 Å². The molecule has 2 nitrogen and oxygen atoms in total. The summed E-state index contributed by atoms with van der Waals surface area (Å²) in [5.41, 5.74) is 1.12. The standard InChI is InChI=1S/C16H22N2S/c1-2-19-16-9-8-15(10-16)18-12-14(11-17)13-6-4-3-5-7-13/h3-7,14-16,18H,2,8-10,12H2,1H3. The normalized spacial score (nSPS) is 24.0. The molecule has 0 spiro atoms. The molecule has 1 aromatic carbocycles. The average molecular weight is 274 g/mol. The van der Waals surface area contributed by atoms with Crippen LogP contribution < -0.4 is 5.32 Å². The van der Waals surface area contributed by atoms with E-state index in [0.717, 1.165) is 17.4 Å². The van der Waals surface area contributed by atoms with Gasteiger partial charge in [-0.2, -0.15) is 17.0 Å². The van der Waals surface area contributed by atoms with E-state index in [1.165, 1.54) is 25.0 Å². The molecule has 19 heavy (non-hydrogen) atoms. The van der Waals surface area contributed by atoms with Gasteiger partial charge in [-0.15, -0.1) is 0 Å².